The van der Waals surface area contributed by atoms with Crippen LogP contribution in [0.3, 0.4) is 0 Å². The van der Waals surface area contributed by atoms with Gasteiger partial charge in [-0.05, 0) is 48.4 Å². The summed E-state index contributed by atoms with van der Waals surface area (Å²) in [5, 5.41) is 2.90. The van der Waals surface area contributed by atoms with E-state index in [0.29, 0.717) is 31.1 Å². The monoisotopic (exact) mass is 373 g/mol. The van der Waals surface area contributed by atoms with Crippen LogP contribution in [0.4, 0.5) is 0 Å². The van der Waals surface area contributed by atoms with Gasteiger partial charge in [0.05, 0.1) is 27.9 Å². The van der Waals surface area contributed by atoms with Crippen LogP contribution < -0.4 is 24.3 Å². The molecule has 0 aliphatic heterocycles. The smallest absolute Gasteiger partial charge is 0.223 e. The van der Waals surface area contributed by atoms with Crippen molar-refractivity contribution in [2.45, 2.75) is 13.3 Å². The molecule has 0 aliphatic carbocycles. The summed E-state index contributed by atoms with van der Waals surface area (Å²) in [4.78, 5) is 12.3. The molecule has 6 nitrogen and oxygen atoms in total. The normalized spacial score (nSPS) is 11.4. The summed E-state index contributed by atoms with van der Waals surface area (Å²) in [5.74, 6) is 2.68. The van der Waals surface area contributed by atoms with Gasteiger partial charge in [0.2, 0.25) is 5.91 Å². The zero-order valence-electron chi connectivity index (χ0n) is 16.3. The molecule has 2 aromatic rings. The van der Waals surface area contributed by atoms with Gasteiger partial charge in [0.1, 0.15) is 18.1 Å². The highest BCUT2D eigenvalue weighted by Crippen LogP contribution is 2.28. The number of ether oxygens (including phenoxy) is 4. The van der Waals surface area contributed by atoms with Crippen LogP contribution in [0, 0.1) is 5.92 Å². The Kier molecular flexibility index (Phi) is 7.79. The van der Waals surface area contributed by atoms with Crippen LogP contribution in [0.1, 0.15) is 12.5 Å². The topological polar surface area (TPSA) is 66.0 Å². The Morgan fingerprint density at radius 2 is 1.59 bits per heavy atom. The summed E-state index contributed by atoms with van der Waals surface area (Å²) in [6.45, 7) is 2.75. The lowest BCUT2D eigenvalue weighted by Crippen LogP contribution is -2.33. The quantitative estimate of drug-likeness (QED) is 0.649. The van der Waals surface area contributed by atoms with E-state index in [2.05, 4.69) is 5.32 Å². The molecule has 6 heteroatoms. The highest BCUT2D eigenvalue weighted by molar-refractivity contribution is 5.78. The summed E-state index contributed by atoms with van der Waals surface area (Å²) < 4.78 is 21.2. The van der Waals surface area contributed by atoms with Crippen molar-refractivity contribution in [1.29, 1.82) is 0 Å². The average molecular weight is 373 g/mol. The number of rotatable bonds is 10. The maximum Gasteiger partial charge on any atom is 0.223 e. The van der Waals surface area contributed by atoms with Crippen molar-refractivity contribution in [3.8, 4) is 23.0 Å². The number of carbonyl (C=O) groups is 1. The molecule has 0 spiro atoms. The SMILES string of the molecule is COc1ccc(OCCNC(=O)C(C)Cc2ccc(OC)c(OC)c2)cc1. The van der Waals surface area contributed by atoms with Crippen molar-refractivity contribution in [1.82, 2.24) is 5.32 Å². The van der Waals surface area contributed by atoms with Crippen molar-refractivity contribution in [3.63, 3.8) is 0 Å². The van der Waals surface area contributed by atoms with Crippen molar-refractivity contribution in [2.24, 2.45) is 5.92 Å². The molecule has 0 heterocycles. The molecule has 2 rings (SSSR count). The van der Waals surface area contributed by atoms with Crippen LogP contribution in [0.25, 0.3) is 0 Å². The molecule has 1 atom stereocenters. The predicted molar refractivity (Wildman–Crippen MR) is 104 cm³/mol. The fraction of sp³-hybridized carbons (Fsp3) is 0.381. The van der Waals surface area contributed by atoms with Crippen LogP contribution in [-0.4, -0.2) is 40.4 Å². The number of carbonyl (C=O) groups excluding carboxylic acids is 1. The van der Waals surface area contributed by atoms with Crippen molar-refractivity contribution in [2.75, 3.05) is 34.5 Å². The molecule has 0 radical (unpaired) electrons. The van der Waals surface area contributed by atoms with E-state index in [1.54, 1.807) is 21.3 Å². The minimum atomic E-state index is -0.163. The number of hydrogen-bond donors (Lipinski definition) is 1. The molecule has 0 bridgehead atoms. The lowest BCUT2D eigenvalue weighted by molar-refractivity contribution is -0.124. The van der Waals surface area contributed by atoms with E-state index in [0.717, 1.165) is 17.1 Å². The van der Waals surface area contributed by atoms with Gasteiger partial charge in [-0.2, -0.15) is 0 Å². The Morgan fingerprint density at radius 1 is 0.926 bits per heavy atom. The van der Waals surface area contributed by atoms with Gasteiger partial charge >= 0.3 is 0 Å². The van der Waals surface area contributed by atoms with Gasteiger partial charge in [0, 0.05) is 5.92 Å². The molecule has 1 amide bonds. The molecular formula is C21H27NO5. The first-order valence-corrected chi connectivity index (χ1v) is 8.82. The number of benzene rings is 2. The minimum absolute atomic E-state index is 0.0110. The number of methoxy groups -OCH3 is 3. The molecule has 0 aromatic heterocycles. The van der Waals surface area contributed by atoms with Gasteiger partial charge in [-0.15, -0.1) is 0 Å². The van der Waals surface area contributed by atoms with Crippen LogP contribution >= 0.6 is 0 Å². The molecule has 0 saturated heterocycles. The second kappa shape index (κ2) is 10.3. The molecule has 27 heavy (non-hydrogen) atoms. The molecular weight excluding hydrogens is 346 g/mol. The summed E-state index contributed by atoms with van der Waals surface area (Å²) >= 11 is 0. The van der Waals surface area contributed by atoms with E-state index in [4.69, 9.17) is 18.9 Å². The van der Waals surface area contributed by atoms with Gasteiger partial charge in [0.15, 0.2) is 11.5 Å². The standard InChI is InChI=1S/C21H27NO5/c1-15(13-16-5-10-19(25-3)20(14-16)26-4)21(23)22-11-12-27-18-8-6-17(24-2)7-9-18/h5-10,14-15H,11-13H2,1-4H3,(H,22,23). The molecule has 1 unspecified atom stereocenters. The average Bonchev–Trinajstić information content (AvgIpc) is 2.71. The van der Waals surface area contributed by atoms with E-state index in [9.17, 15) is 4.79 Å². The summed E-state index contributed by atoms with van der Waals surface area (Å²) in [6.07, 6.45) is 0.617. The Morgan fingerprint density at radius 3 is 2.22 bits per heavy atom. The van der Waals surface area contributed by atoms with Crippen LogP contribution in [0.15, 0.2) is 42.5 Å². The van der Waals surface area contributed by atoms with E-state index in [-0.39, 0.29) is 11.8 Å². The lowest BCUT2D eigenvalue weighted by Gasteiger charge is -2.14. The van der Waals surface area contributed by atoms with Gasteiger partial charge in [-0.3, -0.25) is 4.79 Å². The largest absolute Gasteiger partial charge is 0.497 e. The third-order valence-electron chi connectivity index (χ3n) is 4.17. The van der Waals surface area contributed by atoms with E-state index >= 15 is 0 Å². The zero-order chi connectivity index (χ0) is 19.6. The Hall–Kier alpha value is -2.89. The first-order valence-electron chi connectivity index (χ1n) is 8.82. The highest BCUT2D eigenvalue weighted by Gasteiger charge is 2.14. The maximum absolute atomic E-state index is 12.3. The van der Waals surface area contributed by atoms with Gasteiger partial charge in [-0.1, -0.05) is 13.0 Å². The van der Waals surface area contributed by atoms with Crippen molar-refractivity contribution < 1.29 is 23.7 Å². The van der Waals surface area contributed by atoms with E-state index in [1.165, 1.54) is 0 Å². The Balaban J connectivity index is 1.76. The maximum atomic E-state index is 12.3. The predicted octanol–water partition coefficient (Wildman–Crippen LogP) is 3.09. The molecule has 0 aliphatic rings. The number of hydrogen-bond acceptors (Lipinski definition) is 5. The van der Waals surface area contributed by atoms with E-state index < -0.39 is 0 Å². The van der Waals surface area contributed by atoms with Crippen molar-refractivity contribution in [3.05, 3.63) is 48.0 Å². The Bertz CT molecular complexity index is 730. The molecule has 0 fully saturated rings. The fourth-order valence-corrected chi connectivity index (χ4v) is 2.64. The third-order valence-corrected chi connectivity index (χ3v) is 4.17. The number of amides is 1. The summed E-state index contributed by atoms with van der Waals surface area (Å²) in [7, 11) is 4.82. The highest BCUT2D eigenvalue weighted by atomic mass is 16.5. The molecule has 2 aromatic carbocycles. The van der Waals surface area contributed by atoms with Gasteiger partial charge in [-0.25, -0.2) is 0 Å². The van der Waals surface area contributed by atoms with E-state index in [1.807, 2.05) is 49.4 Å². The molecule has 146 valence electrons. The first kappa shape index (κ1) is 20.4. The minimum Gasteiger partial charge on any atom is -0.497 e. The summed E-state index contributed by atoms with van der Waals surface area (Å²) in [6, 6.07) is 13.0. The molecule has 0 saturated carbocycles. The fourth-order valence-electron chi connectivity index (χ4n) is 2.64. The van der Waals surface area contributed by atoms with Crippen LogP contribution in [0.5, 0.6) is 23.0 Å². The molecule has 1 N–H and O–H groups in total. The third kappa shape index (κ3) is 6.09. The zero-order valence-corrected chi connectivity index (χ0v) is 16.3. The summed E-state index contributed by atoms with van der Waals surface area (Å²) in [5.41, 5.74) is 1.02. The second-order valence-corrected chi connectivity index (χ2v) is 6.11. The van der Waals surface area contributed by atoms with Gasteiger partial charge < -0.3 is 24.3 Å². The first-order chi connectivity index (χ1) is 13.1. The number of nitrogens with one attached hydrogen (secondary N) is 1. The van der Waals surface area contributed by atoms with Crippen LogP contribution in [-0.2, 0) is 11.2 Å². The van der Waals surface area contributed by atoms with Gasteiger partial charge in [0.25, 0.3) is 0 Å². The Labute approximate surface area is 160 Å². The lowest BCUT2D eigenvalue weighted by atomic mass is 10.00. The van der Waals surface area contributed by atoms with Crippen LogP contribution in [0.2, 0.25) is 0 Å². The van der Waals surface area contributed by atoms with Crippen molar-refractivity contribution >= 4 is 5.91 Å². The second-order valence-electron chi connectivity index (χ2n) is 6.11.